The molecule has 2 aromatic heterocycles. The van der Waals surface area contributed by atoms with Crippen LogP contribution >= 0.6 is 0 Å². The summed E-state index contributed by atoms with van der Waals surface area (Å²) in [4.78, 5) is 65.6. The molecule has 0 radical (unpaired) electrons. The molecular formula is C42H49F5N8O6. The highest BCUT2D eigenvalue weighted by Gasteiger charge is 2.51. The highest BCUT2D eigenvalue weighted by molar-refractivity contribution is 5.86. The first-order chi connectivity index (χ1) is 28.9. The molecule has 3 amide bonds. The Kier molecular flexibility index (Phi) is 13.5. The summed E-state index contributed by atoms with van der Waals surface area (Å²) in [5.74, 6) is -5.41. The van der Waals surface area contributed by atoms with Gasteiger partial charge in [-0.05, 0) is 41.7 Å². The second-order valence-corrected chi connectivity index (χ2v) is 16.3. The predicted molar refractivity (Wildman–Crippen MR) is 212 cm³/mol. The Hall–Kier alpha value is -5.85. The summed E-state index contributed by atoms with van der Waals surface area (Å²) < 4.78 is 77.5. The molecule has 0 spiro atoms. The number of alkyl halides is 3. The van der Waals surface area contributed by atoms with Crippen LogP contribution in [0.3, 0.4) is 0 Å². The number of imidazole rings is 2. The monoisotopic (exact) mass is 856 g/mol. The van der Waals surface area contributed by atoms with Crippen molar-refractivity contribution in [1.29, 1.82) is 5.41 Å². The molecular weight excluding hydrogens is 808 g/mol. The molecule has 0 saturated carbocycles. The second kappa shape index (κ2) is 18.4. The summed E-state index contributed by atoms with van der Waals surface area (Å²) in [7, 11) is 1.10. The number of aromatic amines is 2. The van der Waals surface area contributed by atoms with Crippen molar-refractivity contribution in [2.45, 2.75) is 71.8 Å². The molecule has 4 N–H and O–H groups in total. The molecule has 2 aromatic carbocycles. The number of halogens is 5. The minimum atomic E-state index is -4.64. The Morgan fingerprint density at radius 1 is 0.820 bits per heavy atom. The third kappa shape index (κ3) is 9.71. The van der Waals surface area contributed by atoms with Gasteiger partial charge in [0.25, 0.3) is 0 Å². The van der Waals surface area contributed by atoms with E-state index in [1.54, 1.807) is 67.3 Å². The van der Waals surface area contributed by atoms with Crippen molar-refractivity contribution in [2.75, 3.05) is 26.8 Å². The molecule has 19 heteroatoms. The van der Waals surface area contributed by atoms with Gasteiger partial charge < -0.3 is 34.7 Å². The summed E-state index contributed by atoms with van der Waals surface area (Å²) in [5, 5.41) is 9.40. The highest BCUT2D eigenvalue weighted by Crippen LogP contribution is 2.44. The molecule has 0 bridgehead atoms. The molecule has 2 fully saturated rings. The average molecular weight is 857 g/mol. The second-order valence-electron chi connectivity index (χ2n) is 16.3. The van der Waals surface area contributed by atoms with E-state index < -0.39 is 78.9 Å². The number of benzene rings is 2. The van der Waals surface area contributed by atoms with Crippen LogP contribution in [0, 0.1) is 46.9 Å². The van der Waals surface area contributed by atoms with Crippen molar-refractivity contribution in [3.05, 3.63) is 72.1 Å². The number of ether oxygens (including phenoxy) is 1. The van der Waals surface area contributed by atoms with Crippen molar-refractivity contribution in [3.63, 3.8) is 0 Å². The summed E-state index contributed by atoms with van der Waals surface area (Å²) in [6.45, 7) is 8.74. The van der Waals surface area contributed by atoms with Gasteiger partial charge in [-0.15, -0.1) is 0 Å². The van der Waals surface area contributed by atoms with Crippen LogP contribution < -0.4 is 5.32 Å². The molecule has 0 aliphatic carbocycles. The van der Waals surface area contributed by atoms with E-state index in [9.17, 15) is 27.6 Å². The summed E-state index contributed by atoms with van der Waals surface area (Å²) >= 11 is 0. The first kappa shape index (κ1) is 44.7. The zero-order chi connectivity index (χ0) is 44.3. The van der Waals surface area contributed by atoms with Gasteiger partial charge in [0.05, 0.1) is 31.0 Å². The lowest BCUT2D eigenvalue weighted by molar-refractivity contribution is -0.229. The number of H-pyrrole nitrogens is 2. The minimum absolute atomic E-state index is 0.0481. The number of rotatable bonds is 14. The van der Waals surface area contributed by atoms with Crippen molar-refractivity contribution >= 4 is 24.3 Å². The number of aromatic nitrogens is 4. The molecule has 328 valence electrons. The highest BCUT2D eigenvalue weighted by atomic mass is 19.4. The van der Waals surface area contributed by atoms with Crippen molar-refractivity contribution in [2.24, 2.45) is 29.6 Å². The largest absolute Gasteiger partial charge is 0.453 e. The van der Waals surface area contributed by atoms with Crippen LogP contribution in [0.2, 0.25) is 0 Å². The summed E-state index contributed by atoms with van der Waals surface area (Å²) in [6, 6.07) is 10.7. The van der Waals surface area contributed by atoms with Crippen LogP contribution in [-0.2, 0) is 24.1 Å². The Balaban J connectivity index is 1.18. The fourth-order valence-corrected chi connectivity index (χ4v) is 8.01. The standard InChI is InChI=1S/C42H49F5N8O6/c1-21(2)29(19-60-61-20-48)39(56)54-17-23(5)15-30(54)37-49-33(35(43)52-37)26-11-7-24(8-12-26)25-9-13-27(14-10-25)34-36(44)53-38(50-34)31-16-28(42(45,46)47)18-55(31)40(57)32(22(3)4)51-41(58)59-6/h7-14,20-23,28-32,48H,15-19H2,1-6H3,(H,49,52)(H,50,53)(H,51,58)/t23-,28-,29-,30-,31-,32-/m0/s1. The van der Waals surface area contributed by atoms with Gasteiger partial charge in [0.1, 0.15) is 35.7 Å². The summed E-state index contributed by atoms with van der Waals surface area (Å²) in [6.07, 6.45) is -4.91. The topological polar surface area (TPSA) is 179 Å². The molecule has 2 aliphatic rings. The maximum atomic E-state index is 15.5. The third-order valence-corrected chi connectivity index (χ3v) is 11.4. The van der Waals surface area contributed by atoms with Crippen LogP contribution in [0.1, 0.15) is 71.2 Å². The molecule has 4 aromatic rings. The van der Waals surface area contributed by atoms with E-state index in [4.69, 9.17) is 10.3 Å². The number of methoxy groups -OCH3 is 1. The van der Waals surface area contributed by atoms with Crippen molar-refractivity contribution in [3.8, 4) is 33.6 Å². The zero-order valence-electron chi connectivity index (χ0n) is 34.5. The van der Waals surface area contributed by atoms with Crippen LogP contribution in [0.15, 0.2) is 48.5 Å². The lowest BCUT2D eigenvalue weighted by atomic mass is 9.95. The number of amides is 3. The number of hydrogen-bond acceptors (Lipinski definition) is 9. The normalized spacial score (nSPS) is 20.3. The smallest absolute Gasteiger partial charge is 0.407 e. The number of carbonyl (C=O) groups excluding carboxylic acids is 3. The van der Waals surface area contributed by atoms with E-state index in [-0.39, 0.29) is 41.6 Å². The van der Waals surface area contributed by atoms with Gasteiger partial charge in [-0.3, -0.25) is 15.0 Å². The van der Waals surface area contributed by atoms with Gasteiger partial charge in [0.2, 0.25) is 30.1 Å². The van der Waals surface area contributed by atoms with E-state index in [0.717, 1.165) is 23.1 Å². The maximum absolute atomic E-state index is 15.5. The maximum Gasteiger partial charge on any atom is 0.407 e. The van der Waals surface area contributed by atoms with Gasteiger partial charge in [-0.25, -0.2) is 14.8 Å². The number of carbonyl (C=O) groups is 3. The lowest BCUT2D eigenvalue weighted by Crippen LogP contribution is -2.51. The molecule has 0 unspecified atom stereocenters. The predicted octanol–water partition coefficient (Wildman–Crippen LogP) is 7.98. The van der Waals surface area contributed by atoms with E-state index in [0.29, 0.717) is 36.3 Å². The molecule has 4 heterocycles. The van der Waals surface area contributed by atoms with Crippen molar-refractivity contribution < 1.29 is 50.8 Å². The van der Waals surface area contributed by atoms with E-state index >= 15 is 8.78 Å². The fourth-order valence-electron chi connectivity index (χ4n) is 8.01. The fraction of sp³-hybridized carbons (Fsp3) is 0.476. The molecule has 2 saturated heterocycles. The summed E-state index contributed by atoms with van der Waals surface area (Å²) in [5.41, 5.74) is 2.40. The van der Waals surface area contributed by atoms with Gasteiger partial charge in [-0.2, -0.15) is 26.8 Å². The number of nitrogens with zero attached hydrogens (tertiary/aromatic N) is 4. The van der Waals surface area contributed by atoms with Gasteiger partial charge in [0, 0.05) is 24.2 Å². The Labute approximate surface area is 349 Å². The average Bonchev–Trinajstić information content (AvgIpc) is 4.02. The minimum Gasteiger partial charge on any atom is -0.453 e. The number of likely N-dealkylation sites (tertiary alicyclic amines) is 2. The first-order valence-electron chi connectivity index (χ1n) is 19.9. The van der Waals surface area contributed by atoms with Gasteiger partial charge in [-0.1, -0.05) is 83.1 Å². The molecule has 61 heavy (non-hydrogen) atoms. The number of hydrogen-bond donors (Lipinski definition) is 4. The third-order valence-electron chi connectivity index (χ3n) is 11.4. The van der Waals surface area contributed by atoms with Gasteiger partial charge >= 0.3 is 12.3 Å². The van der Waals surface area contributed by atoms with Crippen molar-refractivity contribution in [1.82, 2.24) is 35.1 Å². The Bertz CT molecular complexity index is 2190. The van der Waals surface area contributed by atoms with Crippen LogP contribution in [0.4, 0.5) is 26.7 Å². The number of alkyl carbamates (subject to hydrolysis) is 1. The Morgan fingerprint density at radius 3 is 1.77 bits per heavy atom. The van der Waals surface area contributed by atoms with E-state index in [1.165, 1.54) is 0 Å². The van der Waals surface area contributed by atoms with E-state index in [1.807, 2.05) is 20.8 Å². The molecule has 14 nitrogen and oxygen atoms in total. The molecule has 6 atom stereocenters. The van der Waals surface area contributed by atoms with Crippen LogP contribution in [0.5, 0.6) is 0 Å². The first-order valence-corrected chi connectivity index (χ1v) is 19.9. The van der Waals surface area contributed by atoms with E-state index in [2.05, 4.69) is 34.9 Å². The Morgan fingerprint density at radius 2 is 1.31 bits per heavy atom. The lowest BCUT2D eigenvalue weighted by Gasteiger charge is -2.30. The molecule has 6 rings (SSSR count). The van der Waals surface area contributed by atoms with Crippen LogP contribution in [-0.4, -0.2) is 93.1 Å². The zero-order valence-corrected chi connectivity index (χ0v) is 34.5. The SMILES string of the molecule is COC(=O)N[C@H](C(=O)N1C[C@@H](C(F)(F)F)C[C@H]1c1nc(F)c(-c2ccc(-c3ccc(-c4[nH]c([C@@H]5C[C@H](C)CN5C(=O)[C@@H](COOC=N)C(C)C)nc4F)cc3)cc2)[nH]1)C(C)C. The quantitative estimate of drug-likeness (QED) is 0.0246. The number of nitrogens with one attached hydrogen (secondary N) is 4. The molecule has 2 aliphatic heterocycles. The van der Waals surface area contributed by atoms with Gasteiger partial charge in [0.15, 0.2) is 0 Å². The van der Waals surface area contributed by atoms with Crippen LogP contribution in [0.25, 0.3) is 33.6 Å².